The molecule has 0 aromatic heterocycles. The van der Waals surface area contributed by atoms with Crippen molar-refractivity contribution in [1.82, 2.24) is 4.90 Å². The van der Waals surface area contributed by atoms with Crippen LogP contribution in [0.3, 0.4) is 0 Å². The first-order chi connectivity index (χ1) is 14.5. The SMILES string of the molecule is Cc1ccc([N+](=O)[O-])c(OCC(=O)N2CCC[C@@H]2c2ccc3c(c2)OCCCO3)c1. The molecule has 0 radical (unpaired) electrons. The fourth-order valence-electron chi connectivity index (χ4n) is 3.91. The van der Waals surface area contributed by atoms with Crippen LogP contribution in [0.25, 0.3) is 0 Å². The highest BCUT2D eigenvalue weighted by Gasteiger charge is 2.31. The first-order valence-corrected chi connectivity index (χ1v) is 10.1. The van der Waals surface area contributed by atoms with Crippen LogP contribution in [0.5, 0.6) is 17.2 Å². The topological polar surface area (TPSA) is 91.1 Å². The van der Waals surface area contributed by atoms with Crippen molar-refractivity contribution >= 4 is 11.6 Å². The minimum absolute atomic E-state index is 0.0780. The van der Waals surface area contributed by atoms with Gasteiger partial charge in [0.25, 0.3) is 5.91 Å². The molecule has 1 fully saturated rings. The molecule has 0 aliphatic carbocycles. The first kappa shape index (κ1) is 20.0. The summed E-state index contributed by atoms with van der Waals surface area (Å²) >= 11 is 0. The molecule has 2 heterocycles. The highest BCUT2D eigenvalue weighted by Crippen LogP contribution is 2.38. The van der Waals surface area contributed by atoms with Gasteiger partial charge in [0.05, 0.1) is 24.2 Å². The summed E-state index contributed by atoms with van der Waals surface area (Å²) in [5.41, 5.74) is 1.68. The average molecular weight is 412 g/mol. The zero-order chi connectivity index (χ0) is 21.1. The van der Waals surface area contributed by atoms with E-state index in [-0.39, 0.29) is 30.0 Å². The van der Waals surface area contributed by atoms with Gasteiger partial charge in [-0.2, -0.15) is 0 Å². The summed E-state index contributed by atoms with van der Waals surface area (Å²) in [6.45, 7) is 3.43. The maximum Gasteiger partial charge on any atom is 0.310 e. The van der Waals surface area contributed by atoms with E-state index < -0.39 is 4.92 Å². The summed E-state index contributed by atoms with van der Waals surface area (Å²) in [5.74, 6) is 1.35. The molecule has 0 bridgehead atoms. The Morgan fingerprint density at radius 3 is 2.77 bits per heavy atom. The largest absolute Gasteiger partial charge is 0.490 e. The summed E-state index contributed by atoms with van der Waals surface area (Å²) in [5, 5.41) is 11.2. The number of amides is 1. The Morgan fingerprint density at radius 2 is 1.97 bits per heavy atom. The predicted octanol–water partition coefficient (Wildman–Crippen LogP) is 3.81. The van der Waals surface area contributed by atoms with E-state index in [0.717, 1.165) is 36.1 Å². The summed E-state index contributed by atoms with van der Waals surface area (Å²) in [7, 11) is 0. The van der Waals surface area contributed by atoms with Crippen LogP contribution in [0.1, 0.15) is 36.4 Å². The molecule has 2 aliphatic heterocycles. The normalized spacial score (nSPS) is 18.0. The van der Waals surface area contributed by atoms with Gasteiger partial charge in [0.15, 0.2) is 23.9 Å². The van der Waals surface area contributed by atoms with Gasteiger partial charge in [0.2, 0.25) is 0 Å². The molecule has 158 valence electrons. The molecule has 30 heavy (non-hydrogen) atoms. The van der Waals surface area contributed by atoms with Crippen LogP contribution in [-0.4, -0.2) is 42.1 Å². The number of aryl methyl sites for hydroxylation is 1. The Hall–Kier alpha value is -3.29. The van der Waals surface area contributed by atoms with Gasteiger partial charge in [0, 0.05) is 19.0 Å². The molecule has 1 amide bonds. The lowest BCUT2D eigenvalue weighted by molar-refractivity contribution is -0.385. The van der Waals surface area contributed by atoms with Crippen LogP contribution in [-0.2, 0) is 4.79 Å². The second-order valence-corrected chi connectivity index (χ2v) is 7.52. The van der Waals surface area contributed by atoms with Gasteiger partial charge in [0.1, 0.15) is 0 Å². The number of carbonyl (C=O) groups excluding carboxylic acids is 1. The maximum absolute atomic E-state index is 12.9. The van der Waals surface area contributed by atoms with Gasteiger partial charge < -0.3 is 19.1 Å². The molecule has 2 aromatic carbocycles. The van der Waals surface area contributed by atoms with Crippen molar-refractivity contribution in [3.05, 3.63) is 57.6 Å². The molecule has 0 N–H and O–H groups in total. The Morgan fingerprint density at radius 1 is 1.17 bits per heavy atom. The summed E-state index contributed by atoms with van der Waals surface area (Å²) in [4.78, 5) is 25.4. The predicted molar refractivity (Wildman–Crippen MR) is 109 cm³/mol. The monoisotopic (exact) mass is 412 g/mol. The number of likely N-dealkylation sites (tertiary alicyclic amines) is 1. The molecule has 1 atom stereocenters. The number of hydrogen-bond acceptors (Lipinski definition) is 6. The van der Waals surface area contributed by atoms with E-state index in [1.807, 2.05) is 25.1 Å². The van der Waals surface area contributed by atoms with E-state index in [9.17, 15) is 14.9 Å². The Kier molecular flexibility index (Phi) is 5.74. The number of nitro groups is 1. The molecule has 1 saturated heterocycles. The number of nitro benzene ring substituents is 1. The standard InChI is InChI=1S/C22H24N2O6/c1-15-5-7-18(24(26)27)20(12-15)30-14-22(25)23-9-2-4-17(23)16-6-8-19-21(13-16)29-11-3-10-28-19/h5-8,12-13,17H,2-4,9-11,14H2,1H3/t17-/m1/s1. The van der Waals surface area contributed by atoms with Crippen LogP contribution >= 0.6 is 0 Å². The molecule has 0 spiro atoms. The third kappa shape index (κ3) is 4.17. The Labute approximate surface area is 174 Å². The second kappa shape index (κ2) is 8.61. The highest BCUT2D eigenvalue weighted by molar-refractivity contribution is 5.79. The molecule has 8 nitrogen and oxygen atoms in total. The van der Waals surface area contributed by atoms with Gasteiger partial charge in [-0.05, 0) is 49.1 Å². The molecule has 4 rings (SSSR count). The third-order valence-corrected chi connectivity index (χ3v) is 5.39. The minimum atomic E-state index is -0.504. The van der Waals surface area contributed by atoms with E-state index in [0.29, 0.717) is 25.5 Å². The lowest BCUT2D eigenvalue weighted by Crippen LogP contribution is -2.34. The first-order valence-electron chi connectivity index (χ1n) is 10.1. The van der Waals surface area contributed by atoms with Crippen molar-refractivity contribution < 1.29 is 23.9 Å². The van der Waals surface area contributed by atoms with E-state index >= 15 is 0 Å². The number of hydrogen-bond donors (Lipinski definition) is 0. The van der Waals surface area contributed by atoms with Gasteiger partial charge in [-0.3, -0.25) is 14.9 Å². The second-order valence-electron chi connectivity index (χ2n) is 7.52. The van der Waals surface area contributed by atoms with Crippen LogP contribution < -0.4 is 14.2 Å². The van der Waals surface area contributed by atoms with E-state index in [1.54, 1.807) is 17.0 Å². The highest BCUT2D eigenvalue weighted by atomic mass is 16.6. The minimum Gasteiger partial charge on any atom is -0.490 e. The van der Waals surface area contributed by atoms with E-state index in [4.69, 9.17) is 14.2 Å². The Balaban J connectivity index is 1.48. The molecular formula is C22H24N2O6. The van der Waals surface area contributed by atoms with Crippen LogP contribution in [0.4, 0.5) is 5.69 Å². The number of fused-ring (bicyclic) bond motifs is 1. The van der Waals surface area contributed by atoms with Gasteiger partial charge >= 0.3 is 5.69 Å². The lowest BCUT2D eigenvalue weighted by Gasteiger charge is -2.25. The lowest BCUT2D eigenvalue weighted by atomic mass is 10.0. The quantitative estimate of drug-likeness (QED) is 0.548. The molecule has 2 aliphatic rings. The van der Waals surface area contributed by atoms with Gasteiger partial charge in [-0.25, -0.2) is 0 Å². The zero-order valence-corrected chi connectivity index (χ0v) is 16.8. The molecule has 2 aromatic rings. The van der Waals surface area contributed by atoms with Gasteiger partial charge in [-0.15, -0.1) is 0 Å². The Bertz CT molecular complexity index is 961. The van der Waals surface area contributed by atoms with E-state index in [1.165, 1.54) is 6.07 Å². The van der Waals surface area contributed by atoms with Crippen molar-refractivity contribution in [2.75, 3.05) is 26.4 Å². The van der Waals surface area contributed by atoms with Crippen molar-refractivity contribution in [3.63, 3.8) is 0 Å². The zero-order valence-electron chi connectivity index (χ0n) is 16.8. The molecular weight excluding hydrogens is 388 g/mol. The smallest absolute Gasteiger partial charge is 0.310 e. The van der Waals surface area contributed by atoms with Crippen molar-refractivity contribution in [2.45, 2.75) is 32.2 Å². The average Bonchev–Trinajstić information content (AvgIpc) is 3.10. The molecule has 0 unspecified atom stereocenters. The number of benzene rings is 2. The summed E-state index contributed by atoms with van der Waals surface area (Å²) in [6.07, 6.45) is 2.56. The van der Waals surface area contributed by atoms with Crippen molar-refractivity contribution in [3.8, 4) is 17.2 Å². The van der Waals surface area contributed by atoms with Crippen LogP contribution in [0.2, 0.25) is 0 Å². The van der Waals surface area contributed by atoms with Crippen molar-refractivity contribution in [1.29, 1.82) is 0 Å². The molecule has 0 saturated carbocycles. The number of nitrogens with zero attached hydrogens (tertiary/aromatic N) is 2. The number of rotatable bonds is 5. The summed E-state index contributed by atoms with van der Waals surface area (Å²) < 4.78 is 17.0. The summed E-state index contributed by atoms with van der Waals surface area (Å²) in [6, 6.07) is 10.4. The fourth-order valence-corrected chi connectivity index (χ4v) is 3.91. The van der Waals surface area contributed by atoms with E-state index in [2.05, 4.69) is 0 Å². The molecule has 8 heteroatoms. The maximum atomic E-state index is 12.9. The van der Waals surface area contributed by atoms with Crippen LogP contribution in [0, 0.1) is 17.0 Å². The van der Waals surface area contributed by atoms with Crippen LogP contribution in [0.15, 0.2) is 36.4 Å². The van der Waals surface area contributed by atoms with Crippen molar-refractivity contribution in [2.24, 2.45) is 0 Å². The van der Waals surface area contributed by atoms with Gasteiger partial charge in [-0.1, -0.05) is 12.1 Å². The fraction of sp³-hybridized carbons (Fsp3) is 0.409. The third-order valence-electron chi connectivity index (χ3n) is 5.39. The number of carbonyl (C=O) groups is 1. The number of ether oxygens (including phenoxy) is 3.